The predicted molar refractivity (Wildman–Crippen MR) is 312 cm³/mol. The van der Waals surface area contributed by atoms with Crippen molar-refractivity contribution in [2.75, 3.05) is 14.7 Å². The lowest BCUT2D eigenvalue weighted by molar-refractivity contribution is 0.487. The number of rotatable bonds is 5. The van der Waals surface area contributed by atoms with E-state index in [1.807, 2.05) is 0 Å². The number of nitrogens with zero attached hydrogens (tertiary/aromatic N) is 3. The van der Waals surface area contributed by atoms with Crippen LogP contribution in [0.1, 0.15) is 101 Å². The first-order valence-corrected chi connectivity index (χ1v) is 26.7. The fourth-order valence-corrected chi connectivity index (χ4v) is 14.4. The van der Waals surface area contributed by atoms with Gasteiger partial charge in [-0.15, -0.1) is 0 Å². The van der Waals surface area contributed by atoms with Crippen LogP contribution in [0, 0.1) is 0 Å². The van der Waals surface area contributed by atoms with Crippen molar-refractivity contribution in [1.29, 1.82) is 0 Å². The maximum atomic E-state index is 7.29. The molecule has 350 valence electrons. The van der Waals surface area contributed by atoms with Crippen molar-refractivity contribution in [3.05, 3.63) is 204 Å². The number of benzene rings is 9. The minimum absolute atomic E-state index is 0.0306. The van der Waals surface area contributed by atoms with E-state index >= 15 is 0 Å². The van der Waals surface area contributed by atoms with Crippen molar-refractivity contribution in [2.24, 2.45) is 0 Å². The van der Waals surface area contributed by atoms with Crippen molar-refractivity contribution in [2.45, 2.75) is 78.6 Å². The molecule has 0 aliphatic carbocycles. The largest absolute Gasteiger partial charge is 0.458 e. The molecule has 0 bridgehead atoms. The summed E-state index contributed by atoms with van der Waals surface area (Å²) >= 11 is 0. The van der Waals surface area contributed by atoms with E-state index in [0.29, 0.717) is 17.8 Å². The summed E-state index contributed by atoms with van der Waals surface area (Å²) < 4.78 is 7.29. The maximum Gasteiger partial charge on any atom is 0.252 e. The van der Waals surface area contributed by atoms with Crippen LogP contribution in [-0.4, -0.2) is 20.1 Å². The molecular formula is C66H56B3N3O. The molecule has 73 heavy (non-hydrogen) atoms. The average Bonchev–Trinajstić information content (AvgIpc) is 3.41. The van der Waals surface area contributed by atoms with Crippen molar-refractivity contribution < 1.29 is 4.74 Å². The second-order valence-corrected chi connectivity index (χ2v) is 22.9. The molecule has 0 saturated heterocycles. The summed E-state index contributed by atoms with van der Waals surface area (Å²) in [5, 5.41) is 0. The zero-order chi connectivity index (χ0) is 49.3. The molecule has 0 radical (unpaired) electrons. The molecule has 4 nitrogen and oxygen atoms in total. The van der Waals surface area contributed by atoms with E-state index in [1.165, 1.54) is 117 Å². The summed E-state index contributed by atoms with van der Waals surface area (Å²) in [5.74, 6) is 2.93. The predicted octanol–water partition coefficient (Wildman–Crippen LogP) is 11.0. The number of para-hydroxylation sites is 6. The Morgan fingerprint density at radius 3 is 1.58 bits per heavy atom. The van der Waals surface area contributed by atoms with Gasteiger partial charge in [-0.1, -0.05) is 188 Å². The van der Waals surface area contributed by atoms with Crippen LogP contribution in [-0.2, 0) is 5.41 Å². The lowest BCUT2D eigenvalue weighted by atomic mass is 9.28. The Morgan fingerprint density at radius 1 is 0.370 bits per heavy atom. The number of ether oxygens (including phenoxy) is 1. The summed E-state index contributed by atoms with van der Waals surface area (Å²) in [4.78, 5) is 7.88. The molecule has 0 atom stereocenters. The molecular weight excluding hydrogens is 883 g/mol. The van der Waals surface area contributed by atoms with E-state index in [2.05, 4.69) is 246 Å². The third-order valence-corrected chi connectivity index (χ3v) is 17.6. The average molecular weight is 940 g/mol. The maximum absolute atomic E-state index is 7.29. The molecule has 0 spiro atoms. The molecule has 0 saturated carbocycles. The van der Waals surface area contributed by atoms with Gasteiger partial charge in [-0.25, -0.2) is 0 Å². The summed E-state index contributed by atoms with van der Waals surface area (Å²) in [6.07, 6.45) is 0. The molecule has 9 aromatic carbocycles. The first-order valence-electron chi connectivity index (χ1n) is 26.7. The fourth-order valence-electron chi connectivity index (χ4n) is 14.4. The lowest BCUT2D eigenvalue weighted by Crippen LogP contribution is -2.69. The third kappa shape index (κ3) is 5.66. The summed E-state index contributed by atoms with van der Waals surface area (Å²) in [6.45, 7) is 19.0. The lowest BCUT2D eigenvalue weighted by Gasteiger charge is -2.53. The minimum Gasteiger partial charge on any atom is -0.458 e. The van der Waals surface area contributed by atoms with Crippen LogP contribution < -0.4 is 68.6 Å². The topological polar surface area (TPSA) is 19.0 Å². The molecule has 6 heterocycles. The first-order chi connectivity index (χ1) is 35.5. The van der Waals surface area contributed by atoms with Gasteiger partial charge in [0, 0.05) is 57.0 Å². The monoisotopic (exact) mass is 939 g/mol. The highest BCUT2D eigenvalue weighted by molar-refractivity contribution is 7.05. The van der Waals surface area contributed by atoms with Gasteiger partial charge in [0.1, 0.15) is 11.5 Å². The number of fused-ring (bicyclic) bond motifs is 14. The van der Waals surface area contributed by atoms with Crippen LogP contribution in [0.15, 0.2) is 176 Å². The smallest absolute Gasteiger partial charge is 0.252 e. The minimum atomic E-state index is -0.199. The summed E-state index contributed by atoms with van der Waals surface area (Å²) in [5.41, 5.74) is 29.9. The molecule has 0 fully saturated rings. The number of hydrogen-bond acceptors (Lipinski definition) is 4. The second kappa shape index (κ2) is 15.2. The Bertz CT molecular complexity index is 3830. The highest BCUT2D eigenvalue weighted by Crippen LogP contribution is 2.56. The number of hydrogen-bond donors (Lipinski definition) is 0. The highest BCUT2D eigenvalue weighted by atomic mass is 16.5. The summed E-state index contributed by atoms with van der Waals surface area (Å²) in [7, 11) is 0. The van der Waals surface area contributed by atoms with Crippen LogP contribution >= 0.6 is 0 Å². The van der Waals surface area contributed by atoms with E-state index in [9.17, 15) is 0 Å². The Labute approximate surface area is 431 Å². The molecule has 0 amide bonds. The van der Waals surface area contributed by atoms with Crippen LogP contribution in [0.5, 0.6) is 11.5 Å². The van der Waals surface area contributed by atoms with Gasteiger partial charge < -0.3 is 19.4 Å². The van der Waals surface area contributed by atoms with Crippen molar-refractivity contribution in [1.82, 2.24) is 0 Å². The number of anilines is 9. The molecule has 6 aliphatic rings. The Morgan fingerprint density at radius 2 is 0.904 bits per heavy atom. The van der Waals surface area contributed by atoms with E-state index < -0.39 is 0 Å². The van der Waals surface area contributed by atoms with E-state index in [0.717, 1.165) is 22.9 Å². The first kappa shape index (κ1) is 43.0. The molecule has 9 aromatic rings. The fraction of sp³-hybridized carbons (Fsp3) is 0.182. The Hall–Kier alpha value is -7.63. The zero-order valence-corrected chi connectivity index (χ0v) is 43.0. The van der Waals surface area contributed by atoms with Gasteiger partial charge in [-0.2, -0.15) is 0 Å². The van der Waals surface area contributed by atoms with Gasteiger partial charge in [-0.05, 0) is 132 Å². The Balaban J connectivity index is 1.08. The van der Waals surface area contributed by atoms with Gasteiger partial charge in [-0.3, -0.25) is 0 Å². The van der Waals surface area contributed by atoms with Gasteiger partial charge in [0.05, 0.1) is 5.69 Å². The van der Waals surface area contributed by atoms with Gasteiger partial charge in [0.15, 0.2) is 0 Å². The van der Waals surface area contributed by atoms with Crippen LogP contribution in [0.3, 0.4) is 0 Å². The molecule has 15 rings (SSSR count). The normalized spacial score (nSPS) is 15.3. The second-order valence-electron chi connectivity index (χ2n) is 22.9. The quantitative estimate of drug-likeness (QED) is 0.160. The van der Waals surface area contributed by atoms with Crippen LogP contribution in [0.25, 0.3) is 0 Å². The van der Waals surface area contributed by atoms with Crippen molar-refractivity contribution >= 4 is 120 Å². The van der Waals surface area contributed by atoms with Gasteiger partial charge >= 0.3 is 0 Å². The molecule has 7 heteroatoms. The van der Waals surface area contributed by atoms with Gasteiger partial charge in [0.2, 0.25) is 0 Å². The standard InChI is InChI=1S/C66H56B3N3O/c1-38(2)41-33-43(39(3)4)61(44(34-41)40(5)6)69-49-27-15-19-32-59(49)73-60-37-56-51(35-52(60)69)68-48-26-14-18-31-55(48)72-54-30-17-13-25-47(54)67-50-28-20-24-46-64(50)71(53-29-16-12-23-45(53)66(46,7)8)58-36-57(62(68)65(72)63(58)67)70(56)42-21-10-9-11-22-42/h9-40H,1-8H3. The highest BCUT2D eigenvalue weighted by Gasteiger charge is 2.54. The molecule has 6 aliphatic heterocycles. The van der Waals surface area contributed by atoms with Gasteiger partial charge in [0.25, 0.3) is 20.1 Å². The van der Waals surface area contributed by atoms with Crippen molar-refractivity contribution in [3.63, 3.8) is 0 Å². The molecule has 0 aromatic heterocycles. The van der Waals surface area contributed by atoms with E-state index in [1.54, 1.807) is 0 Å². The Kier molecular flexibility index (Phi) is 8.96. The van der Waals surface area contributed by atoms with Crippen molar-refractivity contribution in [3.8, 4) is 11.5 Å². The molecule has 0 N–H and O–H groups in total. The van der Waals surface area contributed by atoms with Crippen LogP contribution in [0.4, 0.5) is 51.2 Å². The van der Waals surface area contributed by atoms with Crippen LogP contribution in [0.2, 0.25) is 0 Å². The summed E-state index contributed by atoms with van der Waals surface area (Å²) in [6, 6.07) is 67.4. The SMILES string of the molecule is CC(C)c1cc(C(C)C)c(B2c3ccccc3Oc3cc4c(cc32)B2c3ccccc3N3c5ccccc5B5c6cccc7c6N(c6ccccc6C7(C)C)c6cc(c2c3c65)N4c2ccccc2)c(C(C)C)c1. The van der Waals surface area contributed by atoms with E-state index in [-0.39, 0.29) is 25.6 Å². The zero-order valence-electron chi connectivity index (χ0n) is 43.0. The molecule has 0 unspecified atom stereocenters. The van der Waals surface area contributed by atoms with E-state index in [4.69, 9.17) is 4.74 Å². The third-order valence-electron chi connectivity index (χ3n) is 17.6.